The van der Waals surface area contributed by atoms with Crippen LogP contribution in [0.5, 0.6) is 0 Å². The predicted molar refractivity (Wildman–Crippen MR) is 87.8 cm³/mol. The third kappa shape index (κ3) is 2.29. The van der Waals surface area contributed by atoms with Gasteiger partial charge in [-0.2, -0.15) is 0 Å². The Hall–Kier alpha value is -3.26. The molecule has 24 heavy (non-hydrogen) atoms. The summed E-state index contributed by atoms with van der Waals surface area (Å²) in [7, 11) is 0. The molecule has 0 unspecified atom stereocenters. The van der Waals surface area contributed by atoms with Crippen LogP contribution in [0, 0.1) is 0 Å². The molecule has 1 saturated heterocycles. The van der Waals surface area contributed by atoms with E-state index in [1.807, 2.05) is 0 Å². The fraction of sp³-hybridized carbons (Fsp3) is 0. The zero-order valence-corrected chi connectivity index (χ0v) is 12.8. The molecule has 0 radical (unpaired) electrons. The Kier molecular flexibility index (Phi) is 3.07. The van der Waals surface area contributed by atoms with Gasteiger partial charge in [-0.1, -0.05) is 6.07 Å². The molecule has 0 saturated carbocycles. The highest BCUT2D eigenvalue weighted by molar-refractivity contribution is 7.80. The number of rotatable bonds is 2. The van der Waals surface area contributed by atoms with E-state index in [-0.39, 0.29) is 11.0 Å². The summed E-state index contributed by atoms with van der Waals surface area (Å²) in [5, 5.41) is 7.67. The summed E-state index contributed by atoms with van der Waals surface area (Å²) in [6.07, 6.45) is 1.53. The summed E-state index contributed by atoms with van der Waals surface area (Å²) in [5.41, 5.74) is 1.61. The largest absolute Gasteiger partial charge is 0.457 e. The smallest absolute Gasteiger partial charge is 0.274 e. The van der Waals surface area contributed by atoms with Crippen LogP contribution in [0.1, 0.15) is 26.5 Å². The number of hydrogen-bond donors (Lipinski definition) is 3. The number of amides is 3. The molecule has 7 nitrogen and oxygen atoms in total. The summed E-state index contributed by atoms with van der Waals surface area (Å²) in [6.45, 7) is 0. The minimum Gasteiger partial charge on any atom is -0.457 e. The van der Waals surface area contributed by atoms with Gasteiger partial charge < -0.3 is 9.73 Å². The molecule has 2 aliphatic rings. The second-order valence-electron chi connectivity index (χ2n) is 5.21. The van der Waals surface area contributed by atoms with E-state index in [9.17, 15) is 14.4 Å². The average molecular weight is 339 g/mol. The number of imide groups is 1. The summed E-state index contributed by atoms with van der Waals surface area (Å²) in [4.78, 5) is 34.9. The van der Waals surface area contributed by atoms with Gasteiger partial charge in [-0.3, -0.25) is 25.0 Å². The first-order valence-corrected chi connectivity index (χ1v) is 7.36. The zero-order valence-electron chi connectivity index (χ0n) is 12.0. The predicted octanol–water partition coefficient (Wildman–Crippen LogP) is 1.18. The Morgan fingerprint density at radius 3 is 2.42 bits per heavy atom. The Balaban J connectivity index is 1.67. The lowest BCUT2D eigenvalue weighted by Crippen LogP contribution is -2.21. The first-order valence-electron chi connectivity index (χ1n) is 6.95. The third-order valence-electron chi connectivity index (χ3n) is 3.65. The van der Waals surface area contributed by atoms with Gasteiger partial charge in [0.05, 0.1) is 11.1 Å². The van der Waals surface area contributed by atoms with Crippen molar-refractivity contribution in [1.29, 1.82) is 0 Å². The van der Waals surface area contributed by atoms with Crippen molar-refractivity contribution in [1.82, 2.24) is 16.0 Å². The van der Waals surface area contributed by atoms with Crippen molar-refractivity contribution >= 4 is 41.1 Å². The number of thiocarbonyl (C=S) groups is 1. The van der Waals surface area contributed by atoms with E-state index in [0.29, 0.717) is 33.9 Å². The first-order chi connectivity index (χ1) is 11.5. The molecule has 1 fully saturated rings. The van der Waals surface area contributed by atoms with Crippen molar-refractivity contribution in [2.75, 3.05) is 0 Å². The lowest BCUT2D eigenvalue weighted by molar-refractivity contribution is -0.115. The van der Waals surface area contributed by atoms with E-state index < -0.39 is 11.8 Å². The van der Waals surface area contributed by atoms with Crippen molar-refractivity contribution in [3.8, 4) is 11.3 Å². The number of fused-ring (bicyclic) bond motifs is 1. The highest BCUT2D eigenvalue weighted by Crippen LogP contribution is 2.27. The van der Waals surface area contributed by atoms with Gasteiger partial charge in [0, 0.05) is 11.6 Å². The minimum absolute atomic E-state index is 0.243. The van der Waals surface area contributed by atoms with Crippen LogP contribution in [0.2, 0.25) is 0 Å². The molecule has 2 aromatic rings. The van der Waals surface area contributed by atoms with E-state index >= 15 is 0 Å². The molecule has 1 aromatic carbocycles. The highest BCUT2D eigenvalue weighted by Gasteiger charge is 2.27. The molecule has 2 aliphatic heterocycles. The Bertz CT molecular complexity index is 973. The fourth-order valence-corrected chi connectivity index (χ4v) is 2.73. The molecule has 0 atom stereocenters. The molecule has 0 spiro atoms. The number of hydrogen-bond acceptors (Lipinski definition) is 5. The van der Waals surface area contributed by atoms with E-state index in [1.54, 1.807) is 30.3 Å². The standard InChI is InChI=1S/C16H9N3O4S/c20-13-9-3-1-7(5-10(9)14(21)18-13)12-4-2-8(23-12)6-11-15(22)19-16(24)17-11/h1-6H,(H,18,20,21)(H2,17,19,22,24)/b11-6-. The average Bonchev–Trinajstić information content (AvgIpc) is 3.20. The first kappa shape index (κ1) is 14.3. The van der Waals surface area contributed by atoms with Gasteiger partial charge in [-0.05, 0) is 36.5 Å². The van der Waals surface area contributed by atoms with E-state index in [1.165, 1.54) is 6.08 Å². The quantitative estimate of drug-likeness (QED) is 0.431. The molecule has 0 aliphatic carbocycles. The van der Waals surface area contributed by atoms with Gasteiger partial charge in [0.2, 0.25) is 0 Å². The van der Waals surface area contributed by atoms with Gasteiger partial charge in [0.25, 0.3) is 17.7 Å². The van der Waals surface area contributed by atoms with Gasteiger partial charge >= 0.3 is 0 Å². The number of carbonyl (C=O) groups is 3. The van der Waals surface area contributed by atoms with Gasteiger partial charge in [-0.15, -0.1) is 0 Å². The topological polar surface area (TPSA) is 100 Å². The molecule has 118 valence electrons. The fourth-order valence-electron chi connectivity index (χ4n) is 2.53. The van der Waals surface area contributed by atoms with E-state index in [2.05, 4.69) is 16.0 Å². The van der Waals surface area contributed by atoms with Crippen LogP contribution in [0.4, 0.5) is 0 Å². The highest BCUT2D eigenvalue weighted by atomic mass is 32.1. The van der Waals surface area contributed by atoms with Crippen LogP contribution >= 0.6 is 12.2 Å². The van der Waals surface area contributed by atoms with E-state index in [0.717, 1.165) is 0 Å². The second kappa shape index (κ2) is 5.14. The molecule has 3 amide bonds. The van der Waals surface area contributed by atoms with Crippen molar-refractivity contribution in [2.24, 2.45) is 0 Å². The number of nitrogens with one attached hydrogen (secondary N) is 3. The maximum absolute atomic E-state index is 11.7. The van der Waals surface area contributed by atoms with Crippen LogP contribution in [-0.2, 0) is 4.79 Å². The second-order valence-corrected chi connectivity index (χ2v) is 5.62. The van der Waals surface area contributed by atoms with Crippen LogP contribution in [0.15, 0.2) is 40.4 Å². The SMILES string of the molecule is O=C1NC(=S)N/C1=C\c1ccc(-c2ccc3c(c2)C(=O)NC3=O)o1. The normalized spacial score (nSPS) is 17.8. The maximum atomic E-state index is 11.7. The van der Waals surface area contributed by atoms with Crippen LogP contribution in [-0.4, -0.2) is 22.8 Å². The zero-order chi connectivity index (χ0) is 16.8. The lowest BCUT2D eigenvalue weighted by atomic mass is 10.0. The maximum Gasteiger partial charge on any atom is 0.274 e. The number of benzene rings is 1. The lowest BCUT2D eigenvalue weighted by Gasteiger charge is -1.99. The Morgan fingerprint density at radius 1 is 0.875 bits per heavy atom. The van der Waals surface area contributed by atoms with E-state index in [4.69, 9.17) is 16.6 Å². The molecule has 0 bridgehead atoms. The minimum atomic E-state index is -0.425. The summed E-state index contributed by atoms with van der Waals surface area (Å²) in [6, 6.07) is 8.28. The molecule has 1 aromatic heterocycles. The van der Waals surface area contributed by atoms with Crippen LogP contribution < -0.4 is 16.0 Å². The van der Waals surface area contributed by atoms with Gasteiger partial charge in [0.1, 0.15) is 17.2 Å². The van der Waals surface area contributed by atoms with Crippen molar-refractivity contribution in [2.45, 2.75) is 0 Å². The monoisotopic (exact) mass is 339 g/mol. The summed E-state index contributed by atoms with van der Waals surface area (Å²) >= 11 is 4.86. The van der Waals surface area contributed by atoms with Crippen molar-refractivity contribution in [3.63, 3.8) is 0 Å². The number of carbonyl (C=O) groups excluding carboxylic acids is 3. The van der Waals surface area contributed by atoms with Crippen LogP contribution in [0.25, 0.3) is 17.4 Å². The van der Waals surface area contributed by atoms with Gasteiger partial charge in [-0.25, -0.2) is 0 Å². The van der Waals surface area contributed by atoms with Crippen LogP contribution in [0.3, 0.4) is 0 Å². The Morgan fingerprint density at radius 2 is 1.67 bits per heavy atom. The summed E-state index contributed by atoms with van der Waals surface area (Å²) < 4.78 is 5.68. The molecule has 8 heteroatoms. The molecule has 3 heterocycles. The molecular weight excluding hydrogens is 330 g/mol. The van der Waals surface area contributed by atoms with Crippen molar-refractivity contribution < 1.29 is 18.8 Å². The summed E-state index contributed by atoms with van der Waals surface area (Å²) in [5.74, 6) is -0.191. The third-order valence-corrected chi connectivity index (χ3v) is 3.86. The van der Waals surface area contributed by atoms with Crippen molar-refractivity contribution in [3.05, 3.63) is 52.9 Å². The molecular formula is C16H9N3O4S. The number of furan rings is 1. The van der Waals surface area contributed by atoms with Gasteiger partial charge in [0.15, 0.2) is 5.11 Å². The molecule has 4 rings (SSSR count). The molecule has 3 N–H and O–H groups in total. The Labute approximate surface area is 140 Å².